The Morgan fingerprint density at radius 2 is 1.59 bits per heavy atom. The topological polar surface area (TPSA) is 87.3 Å². The molecule has 116 valence electrons. The number of amides is 2. The maximum absolute atomic E-state index is 11.9. The average molecular weight is 319 g/mol. The summed E-state index contributed by atoms with van der Waals surface area (Å²) in [6.07, 6.45) is 0. The molecule has 0 aliphatic heterocycles. The van der Waals surface area contributed by atoms with Crippen molar-refractivity contribution >= 4 is 27.4 Å². The lowest BCUT2D eigenvalue weighted by molar-refractivity contribution is 0.262. The number of rotatable bonds is 4. The number of anilines is 2. The van der Waals surface area contributed by atoms with Gasteiger partial charge in [-0.1, -0.05) is 12.1 Å². The van der Waals surface area contributed by atoms with E-state index in [0.717, 1.165) is 5.56 Å². The molecular formula is C15H17N3O3S. The van der Waals surface area contributed by atoms with E-state index >= 15 is 0 Å². The molecule has 2 aromatic rings. The third-order valence-corrected chi connectivity index (χ3v) is 4.40. The molecule has 0 fully saturated rings. The molecule has 2 aromatic carbocycles. The van der Waals surface area contributed by atoms with E-state index in [4.69, 9.17) is 0 Å². The van der Waals surface area contributed by atoms with Crippen molar-refractivity contribution in [3.8, 4) is 0 Å². The van der Waals surface area contributed by atoms with Gasteiger partial charge in [0.05, 0.1) is 4.90 Å². The van der Waals surface area contributed by atoms with E-state index in [-0.39, 0.29) is 4.90 Å². The minimum Gasteiger partial charge on any atom is -0.308 e. The molecule has 0 aliphatic rings. The SMILES string of the molecule is CNS(=O)(=O)c1ccc(NC(=O)Nc2cccc(C)c2)cc1. The largest absolute Gasteiger partial charge is 0.323 e. The maximum atomic E-state index is 11.9. The van der Waals surface area contributed by atoms with Crippen LogP contribution in [0.25, 0.3) is 0 Å². The fourth-order valence-electron chi connectivity index (χ4n) is 1.85. The first-order valence-corrected chi connectivity index (χ1v) is 8.07. The summed E-state index contributed by atoms with van der Waals surface area (Å²) < 4.78 is 25.4. The molecule has 3 N–H and O–H groups in total. The Bertz CT molecular complexity index is 771. The molecule has 0 bridgehead atoms. The molecule has 0 aliphatic carbocycles. The number of hydrogen-bond donors (Lipinski definition) is 3. The van der Waals surface area contributed by atoms with Crippen molar-refractivity contribution in [2.75, 3.05) is 17.7 Å². The predicted molar refractivity (Wildman–Crippen MR) is 86.5 cm³/mol. The minimum atomic E-state index is -3.48. The zero-order valence-corrected chi connectivity index (χ0v) is 13.1. The summed E-state index contributed by atoms with van der Waals surface area (Å²) >= 11 is 0. The average Bonchev–Trinajstić information content (AvgIpc) is 2.47. The van der Waals surface area contributed by atoms with Gasteiger partial charge in [-0.25, -0.2) is 17.9 Å². The summed E-state index contributed by atoms with van der Waals surface area (Å²) in [6, 6.07) is 12.9. The van der Waals surface area contributed by atoms with Gasteiger partial charge in [0.25, 0.3) is 0 Å². The first kappa shape index (κ1) is 16.0. The quantitative estimate of drug-likeness (QED) is 0.809. The molecule has 0 saturated carbocycles. The second-order valence-corrected chi connectivity index (χ2v) is 6.57. The fourth-order valence-corrected chi connectivity index (χ4v) is 2.58. The van der Waals surface area contributed by atoms with E-state index in [1.54, 1.807) is 6.07 Å². The van der Waals surface area contributed by atoms with Crippen LogP contribution < -0.4 is 15.4 Å². The number of nitrogens with one attached hydrogen (secondary N) is 3. The lowest BCUT2D eigenvalue weighted by Gasteiger charge is -2.09. The van der Waals surface area contributed by atoms with Gasteiger partial charge in [-0.05, 0) is 55.9 Å². The van der Waals surface area contributed by atoms with E-state index in [1.165, 1.54) is 31.3 Å². The van der Waals surface area contributed by atoms with Gasteiger partial charge in [0.1, 0.15) is 0 Å². The van der Waals surface area contributed by atoms with Crippen LogP contribution in [-0.4, -0.2) is 21.5 Å². The van der Waals surface area contributed by atoms with Gasteiger partial charge in [0, 0.05) is 11.4 Å². The summed E-state index contributed by atoms with van der Waals surface area (Å²) in [5.74, 6) is 0. The van der Waals surface area contributed by atoms with Crippen molar-refractivity contribution in [1.82, 2.24) is 4.72 Å². The lowest BCUT2D eigenvalue weighted by Crippen LogP contribution is -2.20. The Kier molecular flexibility index (Phi) is 4.79. The molecule has 0 heterocycles. The normalized spacial score (nSPS) is 11.0. The smallest absolute Gasteiger partial charge is 0.308 e. The zero-order chi connectivity index (χ0) is 16.2. The number of carbonyl (C=O) groups is 1. The number of benzene rings is 2. The molecule has 2 amide bonds. The molecule has 6 nitrogen and oxygen atoms in total. The van der Waals surface area contributed by atoms with Gasteiger partial charge in [0.15, 0.2) is 0 Å². The van der Waals surface area contributed by atoms with Crippen molar-refractivity contribution < 1.29 is 13.2 Å². The summed E-state index contributed by atoms with van der Waals surface area (Å²) in [7, 11) is -2.13. The van der Waals surface area contributed by atoms with Gasteiger partial charge in [-0.2, -0.15) is 0 Å². The summed E-state index contributed by atoms with van der Waals surface area (Å²) in [5.41, 5.74) is 2.23. The highest BCUT2D eigenvalue weighted by Gasteiger charge is 2.11. The number of hydrogen-bond acceptors (Lipinski definition) is 3. The van der Waals surface area contributed by atoms with Gasteiger partial charge in [0.2, 0.25) is 10.0 Å². The second kappa shape index (κ2) is 6.59. The molecule has 0 spiro atoms. The lowest BCUT2D eigenvalue weighted by atomic mass is 10.2. The Hall–Kier alpha value is -2.38. The van der Waals surface area contributed by atoms with Crippen LogP contribution >= 0.6 is 0 Å². The first-order chi connectivity index (χ1) is 10.4. The van der Waals surface area contributed by atoms with E-state index < -0.39 is 16.1 Å². The van der Waals surface area contributed by atoms with Crippen LogP contribution in [0.5, 0.6) is 0 Å². The highest BCUT2D eigenvalue weighted by Crippen LogP contribution is 2.15. The van der Waals surface area contributed by atoms with Gasteiger partial charge in [-0.15, -0.1) is 0 Å². The van der Waals surface area contributed by atoms with Crippen LogP contribution in [0.4, 0.5) is 16.2 Å². The van der Waals surface area contributed by atoms with Gasteiger partial charge < -0.3 is 10.6 Å². The molecule has 0 atom stereocenters. The van der Waals surface area contributed by atoms with E-state index in [9.17, 15) is 13.2 Å². The van der Waals surface area contributed by atoms with Crippen LogP contribution in [0.3, 0.4) is 0 Å². The monoisotopic (exact) mass is 319 g/mol. The Labute approximate surface area is 129 Å². The standard InChI is InChI=1S/C15H17N3O3S/c1-11-4-3-5-13(10-11)18-15(19)17-12-6-8-14(9-7-12)22(20,21)16-2/h3-10,16H,1-2H3,(H2,17,18,19). The molecular weight excluding hydrogens is 302 g/mol. The van der Waals surface area contributed by atoms with E-state index in [0.29, 0.717) is 11.4 Å². The highest BCUT2D eigenvalue weighted by atomic mass is 32.2. The molecule has 0 unspecified atom stereocenters. The van der Waals surface area contributed by atoms with Crippen LogP contribution in [0.2, 0.25) is 0 Å². The van der Waals surface area contributed by atoms with Gasteiger partial charge >= 0.3 is 6.03 Å². The highest BCUT2D eigenvalue weighted by molar-refractivity contribution is 7.89. The molecule has 0 aromatic heterocycles. The number of sulfonamides is 1. The van der Waals surface area contributed by atoms with Gasteiger partial charge in [-0.3, -0.25) is 0 Å². The number of carbonyl (C=O) groups excluding carboxylic acids is 1. The fraction of sp³-hybridized carbons (Fsp3) is 0.133. The van der Waals surface area contributed by atoms with E-state index in [2.05, 4.69) is 15.4 Å². The predicted octanol–water partition coefficient (Wildman–Crippen LogP) is 2.55. The molecule has 7 heteroatoms. The summed E-state index contributed by atoms with van der Waals surface area (Å²) in [5, 5.41) is 5.35. The van der Waals surface area contributed by atoms with Crippen molar-refractivity contribution in [2.24, 2.45) is 0 Å². The van der Waals surface area contributed by atoms with Crippen LogP contribution in [-0.2, 0) is 10.0 Å². The van der Waals surface area contributed by atoms with Crippen LogP contribution in [0.15, 0.2) is 53.4 Å². The second-order valence-electron chi connectivity index (χ2n) is 4.68. The first-order valence-electron chi connectivity index (χ1n) is 6.59. The Morgan fingerprint density at radius 1 is 0.955 bits per heavy atom. The summed E-state index contributed by atoms with van der Waals surface area (Å²) in [6.45, 7) is 1.93. The molecule has 0 saturated heterocycles. The van der Waals surface area contributed by atoms with Crippen molar-refractivity contribution in [3.05, 3.63) is 54.1 Å². The third kappa shape index (κ3) is 4.06. The number of aryl methyl sites for hydroxylation is 1. The van der Waals surface area contributed by atoms with Crippen molar-refractivity contribution in [1.29, 1.82) is 0 Å². The van der Waals surface area contributed by atoms with E-state index in [1.807, 2.05) is 25.1 Å². The van der Waals surface area contributed by atoms with Crippen molar-refractivity contribution in [2.45, 2.75) is 11.8 Å². The van der Waals surface area contributed by atoms with Crippen molar-refractivity contribution in [3.63, 3.8) is 0 Å². The molecule has 2 rings (SSSR count). The molecule has 22 heavy (non-hydrogen) atoms. The maximum Gasteiger partial charge on any atom is 0.323 e. The zero-order valence-electron chi connectivity index (χ0n) is 12.3. The molecule has 0 radical (unpaired) electrons. The van der Waals surface area contributed by atoms with Crippen LogP contribution in [0, 0.1) is 6.92 Å². The summed E-state index contributed by atoms with van der Waals surface area (Å²) in [4.78, 5) is 12.0. The number of urea groups is 1. The third-order valence-electron chi connectivity index (χ3n) is 2.97. The Morgan fingerprint density at radius 3 is 2.18 bits per heavy atom. The minimum absolute atomic E-state index is 0.139. The van der Waals surface area contributed by atoms with Crippen LogP contribution in [0.1, 0.15) is 5.56 Å². The Balaban J connectivity index is 2.03.